The molecule has 1 atom stereocenters. The number of ether oxygens (including phenoxy) is 1. The fourth-order valence-corrected chi connectivity index (χ4v) is 0.936. The normalized spacial score (nSPS) is 12.9. The summed E-state index contributed by atoms with van der Waals surface area (Å²) in [6.45, 7) is 4.76. The predicted molar refractivity (Wildman–Crippen MR) is 47.0 cm³/mol. The van der Waals surface area contributed by atoms with Crippen molar-refractivity contribution >= 4 is 5.78 Å². The van der Waals surface area contributed by atoms with Gasteiger partial charge in [-0.1, -0.05) is 13.8 Å². The van der Waals surface area contributed by atoms with Crippen molar-refractivity contribution < 1.29 is 14.6 Å². The Balaban J connectivity index is 3.31. The van der Waals surface area contributed by atoms with E-state index in [4.69, 9.17) is 9.84 Å². The molecule has 0 saturated carbocycles. The number of aliphatic hydroxyl groups is 1. The summed E-state index contributed by atoms with van der Waals surface area (Å²) >= 11 is 0. The molecule has 72 valence electrons. The Kier molecular flexibility index (Phi) is 7.00. The highest BCUT2D eigenvalue weighted by Crippen LogP contribution is 2.05. The van der Waals surface area contributed by atoms with E-state index in [9.17, 15) is 4.79 Å². The van der Waals surface area contributed by atoms with Crippen molar-refractivity contribution in [3.8, 4) is 0 Å². The lowest BCUT2D eigenvalue weighted by Gasteiger charge is -2.08. The number of Topliss-reactive ketones (excluding diaryl/α,β-unsaturated/α-hetero) is 1. The average molecular weight is 174 g/mol. The van der Waals surface area contributed by atoms with Crippen LogP contribution in [-0.2, 0) is 9.53 Å². The van der Waals surface area contributed by atoms with Crippen molar-refractivity contribution in [2.75, 3.05) is 19.8 Å². The lowest BCUT2D eigenvalue weighted by atomic mass is 10.0. The van der Waals surface area contributed by atoms with E-state index in [1.807, 2.05) is 13.8 Å². The summed E-state index contributed by atoms with van der Waals surface area (Å²) in [6, 6.07) is 0. The van der Waals surface area contributed by atoms with Crippen molar-refractivity contribution in [2.24, 2.45) is 5.92 Å². The minimum absolute atomic E-state index is 0.0517. The van der Waals surface area contributed by atoms with Crippen LogP contribution in [0, 0.1) is 5.92 Å². The molecule has 1 N–H and O–H groups in total. The fourth-order valence-electron chi connectivity index (χ4n) is 0.936. The van der Waals surface area contributed by atoms with E-state index in [2.05, 4.69) is 0 Å². The van der Waals surface area contributed by atoms with Crippen molar-refractivity contribution in [3.63, 3.8) is 0 Å². The molecule has 0 aliphatic rings. The molecule has 0 saturated heterocycles. The van der Waals surface area contributed by atoms with E-state index < -0.39 is 0 Å². The highest BCUT2D eigenvalue weighted by Gasteiger charge is 2.09. The van der Waals surface area contributed by atoms with Crippen molar-refractivity contribution in [2.45, 2.75) is 26.7 Å². The Labute approximate surface area is 73.7 Å². The number of ketones is 1. The third kappa shape index (κ3) is 5.27. The van der Waals surface area contributed by atoms with Crippen LogP contribution in [0.5, 0.6) is 0 Å². The molecule has 1 unspecified atom stereocenters. The van der Waals surface area contributed by atoms with Crippen LogP contribution in [0.2, 0.25) is 0 Å². The maximum Gasteiger partial charge on any atom is 0.135 e. The molecule has 0 aliphatic heterocycles. The van der Waals surface area contributed by atoms with Gasteiger partial charge in [0.2, 0.25) is 0 Å². The summed E-state index contributed by atoms with van der Waals surface area (Å²) in [5, 5.41) is 8.39. The second kappa shape index (κ2) is 7.25. The van der Waals surface area contributed by atoms with Crippen LogP contribution in [0.3, 0.4) is 0 Å². The fraction of sp³-hybridized carbons (Fsp3) is 0.889. The first-order valence-corrected chi connectivity index (χ1v) is 4.43. The van der Waals surface area contributed by atoms with E-state index >= 15 is 0 Å². The third-order valence-electron chi connectivity index (χ3n) is 1.83. The second-order valence-electron chi connectivity index (χ2n) is 2.85. The van der Waals surface area contributed by atoms with E-state index in [0.29, 0.717) is 19.6 Å². The topological polar surface area (TPSA) is 46.5 Å². The minimum atomic E-state index is 0.0517. The zero-order valence-electron chi connectivity index (χ0n) is 7.88. The molecular weight excluding hydrogens is 156 g/mol. The lowest BCUT2D eigenvalue weighted by molar-refractivity contribution is -0.122. The first kappa shape index (κ1) is 11.6. The van der Waals surface area contributed by atoms with Gasteiger partial charge in [-0.25, -0.2) is 0 Å². The summed E-state index contributed by atoms with van der Waals surface area (Å²) in [7, 11) is 0. The number of hydrogen-bond acceptors (Lipinski definition) is 3. The van der Waals surface area contributed by atoms with Crippen LogP contribution in [0.25, 0.3) is 0 Å². The van der Waals surface area contributed by atoms with Crippen LogP contribution in [0.15, 0.2) is 0 Å². The van der Waals surface area contributed by atoms with Crippen LogP contribution in [0.4, 0.5) is 0 Å². The molecule has 12 heavy (non-hydrogen) atoms. The van der Waals surface area contributed by atoms with Crippen LogP contribution in [0.1, 0.15) is 26.7 Å². The Morgan fingerprint density at radius 2 is 2.17 bits per heavy atom. The Morgan fingerprint density at radius 1 is 1.50 bits per heavy atom. The van der Waals surface area contributed by atoms with Gasteiger partial charge in [-0.05, 0) is 6.42 Å². The first-order valence-electron chi connectivity index (χ1n) is 4.43. The zero-order chi connectivity index (χ0) is 9.40. The average Bonchev–Trinajstić information content (AvgIpc) is 2.10. The van der Waals surface area contributed by atoms with Crippen LogP contribution in [-0.4, -0.2) is 30.7 Å². The maximum absolute atomic E-state index is 11.1. The molecule has 3 heteroatoms. The molecule has 0 radical (unpaired) electrons. The van der Waals surface area contributed by atoms with Crippen LogP contribution < -0.4 is 0 Å². The molecular formula is C9H18O3. The summed E-state index contributed by atoms with van der Waals surface area (Å²) in [5.74, 6) is 0.372. The van der Waals surface area contributed by atoms with Gasteiger partial charge in [0.25, 0.3) is 0 Å². The maximum atomic E-state index is 11.1. The van der Waals surface area contributed by atoms with Gasteiger partial charge in [-0.15, -0.1) is 0 Å². The molecule has 0 fully saturated rings. The first-order chi connectivity index (χ1) is 5.72. The smallest absolute Gasteiger partial charge is 0.135 e. The van der Waals surface area contributed by atoms with Gasteiger partial charge in [-0.2, -0.15) is 0 Å². The van der Waals surface area contributed by atoms with Gasteiger partial charge in [0.15, 0.2) is 0 Å². The molecule has 0 spiro atoms. The minimum Gasteiger partial charge on any atom is -0.394 e. The Bertz CT molecular complexity index is 123. The third-order valence-corrected chi connectivity index (χ3v) is 1.83. The Hall–Kier alpha value is -0.410. The summed E-state index contributed by atoms with van der Waals surface area (Å²) in [5.41, 5.74) is 0. The lowest BCUT2D eigenvalue weighted by Crippen LogP contribution is -2.13. The number of carbonyl (C=O) groups is 1. The highest BCUT2D eigenvalue weighted by atomic mass is 16.5. The quantitative estimate of drug-likeness (QED) is 0.586. The van der Waals surface area contributed by atoms with Gasteiger partial charge < -0.3 is 9.84 Å². The second-order valence-corrected chi connectivity index (χ2v) is 2.85. The molecule has 0 aliphatic carbocycles. The van der Waals surface area contributed by atoms with Crippen molar-refractivity contribution in [1.82, 2.24) is 0 Å². The summed E-state index contributed by atoms with van der Waals surface area (Å²) in [6.07, 6.45) is 1.36. The standard InChI is InChI=1S/C9H18O3/c1-3-9(11)8(2)4-6-12-7-5-10/h8,10H,3-7H2,1-2H3. The largest absolute Gasteiger partial charge is 0.394 e. The predicted octanol–water partition coefficient (Wildman–Crippen LogP) is 1.00. The van der Waals surface area contributed by atoms with E-state index in [1.165, 1.54) is 0 Å². The molecule has 3 nitrogen and oxygen atoms in total. The monoisotopic (exact) mass is 174 g/mol. The molecule has 0 amide bonds. The van der Waals surface area contributed by atoms with E-state index in [0.717, 1.165) is 6.42 Å². The molecule has 0 aromatic rings. The van der Waals surface area contributed by atoms with Crippen LogP contribution >= 0.6 is 0 Å². The molecule has 0 aromatic heterocycles. The molecule has 0 bridgehead atoms. The van der Waals surface area contributed by atoms with E-state index in [-0.39, 0.29) is 18.3 Å². The number of aliphatic hydroxyl groups excluding tert-OH is 1. The zero-order valence-corrected chi connectivity index (χ0v) is 7.88. The number of carbonyl (C=O) groups excluding carboxylic acids is 1. The molecule has 0 heterocycles. The Morgan fingerprint density at radius 3 is 2.67 bits per heavy atom. The number of hydrogen-bond donors (Lipinski definition) is 1. The van der Waals surface area contributed by atoms with E-state index in [1.54, 1.807) is 0 Å². The summed E-state index contributed by atoms with van der Waals surface area (Å²) in [4.78, 5) is 11.1. The van der Waals surface area contributed by atoms with Gasteiger partial charge >= 0.3 is 0 Å². The van der Waals surface area contributed by atoms with Gasteiger partial charge in [0.1, 0.15) is 5.78 Å². The van der Waals surface area contributed by atoms with Gasteiger partial charge in [0.05, 0.1) is 13.2 Å². The molecule has 0 aromatic carbocycles. The SMILES string of the molecule is CCC(=O)C(C)CCOCCO. The van der Waals surface area contributed by atoms with Crippen molar-refractivity contribution in [3.05, 3.63) is 0 Å². The number of rotatable bonds is 7. The van der Waals surface area contributed by atoms with Crippen molar-refractivity contribution in [1.29, 1.82) is 0 Å². The van der Waals surface area contributed by atoms with Gasteiger partial charge in [0, 0.05) is 18.9 Å². The summed E-state index contributed by atoms with van der Waals surface area (Å²) < 4.78 is 5.05. The highest BCUT2D eigenvalue weighted by molar-refractivity contribution is 5.80. The van der Waals surface area contributed by atoms with Gasteiger partial charge in [-0.3, -0.25) is 4.79 Å². The molecule has 0 rings (SSSR count).